The van der Waals surface area contributed by atoms with E-state index in [1.165, 1.54) is 38.3 Å². The Morgan fingerprint density at radius 1 is 0.734 bits per heavy atom. The Kier molecular flexibility index (Phi) is 37.9. The van der Waals surface area contributed by atoms with Gasteiger partial charge in [0.05, 0.1) is 84.3 Å². The van der Waals surface area contributed by atoms with Gasteiger partial charge in [-0.1, -0.05) is 129 Å². The summed E-state index contributed by atoms with van der Waals surface area (Å²) in [6, 6.07) is 18.7. The van der Waals surface area contributed by atoms with E-state index in [9.17, 15) is 53.1 Å². The molecule has 2 aromatic heterocycles. The molecule has 0 radical (unpaired) electrons. The third-order valence-electron chi connectivity index (χ3n) is 23.2. The number of likely N-dealkylation sites (N-methyl/N-ethyl adjacent to an activating group) is 2. The van der Waals surface area contributed by atoms with Crippen molar-refractivity contribution in [3.63, 3.8) is 0 Å². The molecule has 12 atom stereocenters. The summed E-state index contributed by atoms with van der Waals surface area (Å²) in [4.78, 5) is 158. The summed E-state index contributed by atoms with van der Waals surface area (Å²) in [7, 11) is 6.07. The van der Waals surface area contributed by atoms with Crippen LogP contribution in [0.25, 0.3) is 33.5 Å². The number of halogens is 2. The van der Waals surface area contributed by atoms with Gasteiger partial charge in [-0.2, -0.15) is 0 Å². The first kappa shape index (κ1) is 98.9. The summed E-state index contributed by atoms with van der Waals surface area (Å²) in [5, 5.41) is 34.5. The molecule has 4 aromatic carbocycles. The van der Waals surface area contributed by atoms with Crippen LogP contribution in [-0.4, -0.2) is 235 Å². The molecule has 0 bridgehead atoms. The van der Waals surface area contributed by atoms with Gasteiger partial charge >= 0.3 is 12.1 Å². The number of methoxy groups -OCH3 is 2. The number of anilines is 3. The van der Waals surface area contributed by atoms with Crippen LogP contribution in [0.4, 0.5) is 31.2 Å². The zero-order chi connectivity index (χ0) is 90.8. The van der Waals surface area contributed by atoms with Gasteiger partial charge in [0.25, 0.3) is 0 Å². The lowest BCUT2D eigenvalue weighted by molar-refractivity contribution is -0.148. The number of fused-ring (bicyclic) bond motifs is 1. The number of urea groups is 1. The number of hydrogen-bond donors (Lipinski definition) is 12. The standard InChI is InChI=1S/C90H129ClFN17O15/c1-16-55(9)78(70(121-14)48-73(112)109-39-21-25-69(109)81(122-15)56(10)84(114)99-57(11)80(113)59-22-18-17-19-23-59)106(12)88(118)76(52(4)5)105-87(117)77(53(6)7)107(13)90(120)124-50-58-26-29-64(30-27-58)100-85(115)67(24-20-36-97-89(94)119)103-86(116)75(51(2)3)104-72(111)35-43-123-42-34-71(110)95-37-38-96-82-74(83-101-66-31-28-61(91)47-68(66)102-83)79(108-40-32-63(93)33-41-108)65(49-98-82)60-44-54(8)45-62(92)46-60/h17-19,22-23,26-31,44-47,49,51-53,55-57,63,67,69-70,75-78,80-81,113H,16,20-21,24-25,32-43,48,50,93H2,1-15H3,(H,95,110)(H,96,98)(H,99,114)(H,100,115)(H,101,102)(H,103,116)(H,104,111)(H,105,117)(H3,94,97,119)/t55-,56+,57+,67+,69-,70+,75+,76?,77-,78-,80+,81+/m1/s1. The molecule has 0 spiro atoms. The summed E-state index contributed by atoms with van der Waals surface area (Å²) < 4.78 is 38.6. The van der Waals surface area contributed by atoms with E-state index in [4.69, 9.17) is 52.0 Å². The molecule has 11 amide bonds. The topological polar surface area (TPSA) is 431 Å². The van der Waals surface area contributed by atoms with Crippen LogP contribution >= 0.6 is 11.6 Å². The molecule has 2 aliphatic rings. The predicted molar refractivity (Wildman–Crippen MR) is 475 cm³/mol. The fourth-order valence-electron chi connectivity index (χ4n) is 16.1. The van der Waals surface area contributed by atoms with Crippen molar-refractivity contribution in [3.05, 3.63) is 125 Å². The molecule has 0 saturated carbocycles. The number of carbonyl (C=O) groups is 10. The van der Waals surface area contributed by atoms with Crippen molar-refractivity contribution in [2.45, 2.75) is 214 Å². The molecule has 6 aromatic rings. The average molecular weight is 1740 g/mol. The number of nitrogens with two attached hydrogens (primary N) is 2. The largest absolute Gasteiger partial charge is 0.445 e. The molecule has 14 N–H and O–H groups in total. The second kappa shape index (κ2) is 47.5. The second-order valence-corrected chi connectivity index (χ2v) is 34.0. The van der Waals surface area contributed by atoms with Crippen molar-refractivity contribution in [1.82, 2.24) is 61.6 Å². The maximum absolute atomic E-state index is 15.1. The van der Waals surface area contributed by atoms with E-state index >= 15 is 4.39 Å². The molecule has 2 fully saturated rings. The molecule has 2 aliphatic heterocycles. The number of primary amides is 1. The molecule has 0 aliphatic carbocycles. The van der Waals surface area contributed by atoms with E-state index in [0.717, 1.165) is 24.1 Å². The number of pyridine rings is 1. The third kappa shape index (κ3) is 27.5. The highest BCUT2D eigenvalue weighted by atomic mass is 35.5. The van der Waals surface area contributed by atoms with Crippen molar-refractivity contribution < 1.29 is 76.4 Å². The summed E-state index contributed by atoms with van der Waals surface area (Å²) >= 11 is 6.40. The van der Waals surface area contributed by atoms with Crippen molar-refractivity contribution in [2.75, 3.05) is 96.3 Å². The van der Waals surface area contributed by atoms with E-state index in [0.29, 0.717) is 100 Å². The minimum atomic E-state index is -1.17. The van der Waals surface area contributed by atoms with E-state index in [-0.39, 0.29) is 107 Å². The first-order valence-corrected chi connectivity index (χ1v) is 43.3. The molecule has 2 saturated heterocycles. The first-order valence-electron chi connectivity index (χ1n) is 43.0. The third-order valence-corrected chi connectivity index (χ3v) is 23.4. The Labute approximate surface area is 731 Å². The molecule has 678 valence electrons. The van der Waals surface area contributed by atoms with Crippen molar-refractivity contribution >= 4 is 99.2 Å². The molecule has 32 nitrogen and oxygen atoms in total. The molecule has 4 heterocycles. The van der Waals surface area contributed by atoms with Crippen LogP contribution < -0.4 is 58.9 Å². The summed E-state index contributed by atoms with van der Waals surface area (Å²) in [6.45, 7) is 21.7. The fraction of sp³-hybridized carbons (Fsp3) is 0.556. The quantitative estimate of drug-likeness (QED) is 0.0158. The number of rotatable bonds is 45. The van der Waals surface area contributed by atoms with Gasteiger partial charge in [-0.05, 0) is 141 Å². The summed E-state index contributed by atoms with van der Waals surface area (Å²) in [5.74, 6) is -5.36. The summed E-state index contributed by atoms with van der Waals surface area (Å²) in [6.07, 6.45) is 1.76. The molecule has 1 unspecified atom stereocenters. The van der Waals surface area contributed by atoms with Gasteiger partial charge < -0.3 is 97.7 Å². The number of benzene rings is 4. The highest BCUT2D eigenvalue weighted by Crippen LogP contribution is 2.44. The minimum Gasteiger partial charge on any atom is -0.445 e. The Morgan fingerprint density at radius 3 is 2.06 bits per heavy atom. The minimum absolute atomic E-state index is 0.0171. The zero-order valence-electron chi connectivity index (χ0n) is 74.2. The number of aryl methyl sites for hydroxylation is 1. The van der Waals surface area contributed by atoms with Crippen molar-refractivity contribution in [2.24, 2.45) is 41.1 Å². The number of imidazole rings is 1. The normalized spacial score (nSPS) is 16.4. The van der Waals surface area contributed by atoms with Crippen molar-refractivity contribution in [1.29, 1.82) is 0 Å². The van der Waals surface area contributed by atoms with Crippen LogP contribution in [0.2, 0.25) is 5.02 Å². The van der Waals surface area contributed by atoms with Crippen LogP contribution in [-0.2, 0) is 63.9 Å². The fourth-order valence-corrected chi connectivity index (χ4v) is 16.3. The number of piperidine rings is 1. The number of nitrogens with zero attached hydrogens (tertiary/aromatic N) is 6. The van der Waals surface area contributed by atoms with Gasteiger partial charge in [-0.3, -0.25) is 43.3 Å². The molecular formula is C90H129ClFN17O15. The van der Waals surface area contributed by atoms with Crippen LogP contribution in [0.5, 0.6) is 0 Å². The van der Waals surface area contributed by atoms with Crippen LogP contribution in [0, 0.1) is 42.3 Å². The van der Waals surface area contributed by atoms with Gasteiger partial charge in [-0.25, -0.2) is 23.9 Å². The number of carbonyl (C=O) groups excluding carboxylic acids is 10. The second-order valence-electron chi connectivity index (χ2n) is 33.5. The predicted octanol–water partition coefficient (Wildman–Crippen LogP) is 9.25. The lowest BCUT2D eigenvalue weighted by Gasteiger charge is -2.41. The number of aliphatic hydroxyl groups excluding tert-OH is 1. The molecular weight excluding hydrogens is 1610 g/mol. The molecule has 8 rings (SSSR count). The van der Waals surface area contributed by atoms with E-state index in [1.54, 1.807) is 127 Å². The van der Waals surface area contributed by atoms with Crippen LogP contribution in [0.1, 0.15) is 156 Å². The van der Waals surface area contributed by atoms with Gasteiger partial charge in [0.15, 0.2) is 0 Å². The van der Waals surface area contributed by atoms with Crippen LogP contribution in [0.15, 0.2) is 97.2 Å². The maximum Gasteiger partial charge on any atom is 0.410 e. The lowest BCUT2D eigenvalue weighted by atomic mass is 9.89. The number of aromatic nitrogens is 3. The van der Waals surface area contributed by atoms with Crippen LogP contribution in [0.3, 0.4) is 0 Å². The smallest absolute Gasteiger partial charge is 0.410 e. The number of amides is 11. The number of likely N-dealkylation sites (tertiary alicyclic amines) is 1. The molecule has 124 heavy (non-hydrogen) atoms. The Hall–Kier alpha value is -10.6. The highest BCUT2D eigenvalue weighted by molar-refractivity contribution is 6.31. The first-order chi connectivity index (χ1) is 59.0. The van der Waals surface area contributed by atoms with Gasteiger partial charge in [0.2, 0.25) is 47.3 Å². The average Bonchev–Trinajstić information content (AvgIpc) is 1.51. The zero-order valence-corrected chi connectivity index (χ0v) is 74.9. The lowest BCUT2D eigenvalue weighted by Crippen LogP contribution is -2.60. The van der Waals surface area contributed by atoms with E-state index in [1.807, 2.05) is 51.1 Å². The van der Waals surface area contributed by atoms with E-state index < -0.39 is 126 Å². The monoisotopic (exact) mass is 1740 g/mol. The Balaban J connectivity index is 0.803. The Bertz CT molecular complexity index is 4550. The number of hydrogen-bond acceptors (Lipinski definition) is 20. The van der Waals surface area contributed by atoms with Gasteiger partial charge in [0, 0.05) is 109 Å². The molecule has 34 heteroatoms. The maximum atomic E-state index is 15.1. The number of nitrogens with one attached hydrogen (secondary N) is 9. The highest BCUT2D eigenvalue weighted by Gasteiger charge is 2.45. The van der Waals surface area contributed by atoms with Crippen molar-refractivity contribution in [3.8, 4) is 22.5 Å². The SMILES string of the molecule is CC[C@@H](C)[C@H]([C@H](CC(=O)N1CCC[C@@H]1[C@@H](OC)[C@H](C)C(=O)N[C@@H](C)[C@H](O)c1ccccc1)OC)N(C)C(=O)C(NC(=O)[C@@H](C(C)C)N(C)C(=O)OCc1ccc(NC(=O)[C@H](CCCNC(N)=O)NC(=O)[C@@H](NC(=O)CCOCCC(=O)NCCNc2ncc(-c3cc(C)cc(F)c3)c(N3CCC(N)CC3)c2-c2nc3ccc(Cl)cc3[nH]2)C(C)C)cc1)C(C)C. The Morgan fingerprint density at radius 2 is 1.42 bits per heavy atom. The number of ether oxygens (including phenoxy) is 4. The van der Waals surface area contributed by atoms with Gasteiger partial charge in [0.1, 0.15) is 48.2 Å². The summed E-state index contributed by atoms with van der Waals surface area (Å²) in [5.41, 5.74) is 18.1. The van der Waals surface area contributed by atoms with E-state index in [2.05, 4.69) is 52.4 Å². The number of H-pyrrole nitrogens is 1. The number of aromatic amines is 1. The van der Waals surface area contributed by atoms with Gasteiger partial charge in [-0.15, -0.1) is 0 Å². The number of aliphatic hydroxyl groups is 1.